The molecule has 0 atom stereocenters. The first-order valence-corrected chi connectivity index (χ1v) is 8.99. The monoisotopic (exact) mass is 372 g/mol. The Bertz CT molecular complexity index is 874. The number of hydrogen-bond acceptors (Lipinski definition) is 8. The minimum absolute atomic E-state index is 0.0303. The number of ether oxygens (including phenoxy) is 1. The molecule has 0 aliphatic heterocycles. The smallest absolute Gasteiger partial charge is 0.231 e. The van der Waals surface area contributed by atoms with Gasteiger partial charge in [0.1, 0.15) is 5.75 Å². The van der Waals surface area contributed by atoms with E-state index in [0.717, 1.165) is 21.7 Å². The molecule has 1 heterocycles. The quantitative estimate of drug-likeness (QED) is 0.591. The molecule has 0 unspecified atom stereocenters. The van der Waals surface area contributed by atoms with Gasteiger partial charge in [0.05, 0.1) is 36.2 Å². The number of azo groups is 1. The van der Waals surface area contributed by atoms with Crippen LogP contribution in [0.15, 0.2) is 52.7 Å². The van der Waals surface area contributed by atoms with E-state index in [4.69, 9.17) is 14.9 Å². The van der Waals surface area contributed by atoms with Gasteiger partial charge in [0, 0.05) is 18.8 Å². The summed E-state index contributed by atoms with van der Waals surface area (Å²) in [4.78, 5) is 6.35. The van der Waals surface area contributed by atoms with Gasteiger partial charge in [0.25, 0.3) is 0 Å². The van der Waals surface area contributed by atoms with Crippen molar-refractivity contribution in [3.63, 3.8) is 0 Å². The maximum atomic E-state index is 9.12. The molecule has 0 aliphatic rings. The predicted octanol–water partition coefficient (Wildman–Crippen LogP) is 3.51. The lowest BCUT2D eigenvalue weighted by Gasteiger charge is -2.22. The molecule has 1 aromatic heterocycles. The van der Waals surface area contributed by atoms with Crippen molar-refractivity contribution in [3.05, 3.63) is 42.5 Å². The highest BCUT2D eigenvalue weighted by molar-refractivity contribution is 7.22. The van der Waals surface area contributed by atoms with E-state index in [2.05, 4.69) is 15.2 Å². The summed E-state index contributed by atoms with van der Waals surface area (Å²) in [5.41, 5.74) is 2.45. The van der Waals surface area contributed by atoms with E-state index in [1.807, 2.05) is 47.4 Å². The molecule has 2 aromatic carbocycles. The van der Waals surface area contributed by atoms with Crippen LogP contribution in [0.3, 0.4) is 0 Å². The average molecular weight is 372 g/mol. The van der Waals surface area contributed by atoms with Gasteiger partial charge in [-0.2, -0.15) is 0 Å². The average Bonchev–Trinajstić information content (AvgIpc) is 3.10. The van der Waals surface area contributed by atoms with E-state index in [0.29, 0.717) is 23.9 Å². The van der Waals surface area contributed by atoms with Crippen molar-refractivity contribution in [3.8, 4) is 5.75 Å². The number of thiazole rings is 1. The molecule has 0 aliphatic carbocycles. The molecule has 26 heavy (non-hydrogen) atoms. The van der Waals surface area contributed by atoms with Gasteiger partial charge in [-0.25, -0.2) is 4.98 Å². The minimum Gasteiger partial charge on any atom is -0.495 e. The molecular formula is C18H20N4O3S. The normalized spacial score (nSPS) is 11.3. The van der Waals surface area contributed by atoms with Crippen LogP contribution in [0.5, 0.6) is 5.75 Å². The van der Waals surface area contributed by atoms with Crippen LogP contribution >= 0.6 is 11.3 Å². The number of methoxy groups -OCH3 is 1. The number of benzene rings is 2. The Kier molecular flexibility index (Phi) is 6.11. The van der Waals surface area contributed by atoms with Crippen molar-refractivity contribution in [1.29, 1.82) is 0 Å². The maximum Gasteiger partial charge on any atom is 0.231 e. The van der Waals surface area contributed by atoms with Crippen LogP contribution in [-0.2, 0) is 0 Å². The van der Waals surface area contributed by atoms with Crippen LogP contribution < -0.4 is 9.64 Å². The lowest BCUT2D eigenvalue weighted by molar-refractivity contribution is 0.281. The van der Waals surface area contributed by atoms with Crippen LogP contribution in [0.1, 0.15) is 0 Å². The molecule has 0 bridgehead atoms. The Hall–Kier alpha value is -2.55. The molecule has 136 valence electrons. The number of hydrogen-bond donors (Lipinski definition) is 2. The predicted molar refractivity (Wildman–Crippen MR) is 103 cm³/mol. The van der Waals surface area contributed by atoms with E-state index >= 15 is 0 Å². The summed E-state index contributed by atoms with van der Waals surface area (Å²) < 4.78 is 6.28. The Morgan fingerprint density at radius 2 is 1.77 bits per heavy atom. The summed E-state index contributed by atoms with van der Waals surface area (Å²) in [5.74, 6) is 0.777. The number of aliphatic hydroxyl groups excluding tert-OH is 2. The summed E-state index contributed by atoms with van der Waals surface area (Å²) in [6.07, 6.45) is 0. The van der Waals surface area contributed by atoms with Gasteiger partial charge < -0.3 is 19.8 Å². The summed E-state index contributed by atoms with van der Waals surface area (Å²) in [6, 6.07) is 13.2. The van der Waals surface area contributed by atoms with Crippen LogP contribution in [0.2, 0.25) is 0 Å². The third-order valence-corrected chi connectivity index (χ3v) is 4.76. The number of aliphatic hydroxyl groups is 2. The van der Waals surface area contributed by atoms with Crippen LogP contribution in [-0.4, -0.2) is 48.6 Å². The zero-order valence-electron chi connectivity index (χ0n) is 14.4. The number of fused-ring (bicyclic) bond motifs is 1. The van der Waals surface area contributed by atoms with Gasteiger partial charge in [0.15, 0.2) is 0 Å². The second kappa shape index (κ2) is 8.70. The first-order chi connectivity index (χ1) is 12.7. The van der Waals surface area contributed by atoms with E-state index in [-0.39, 0.29) is 13.2 Å². The molecule has 3 aromatic rings. The van der Waals surface area contributed by atoms with Crippen molar-refractivity contribution >= 4 is 38.1 Å². The lowest BCUT2D eigenvalue weighted by Crippen LogP contribution is -2.29. The number of nitrogens with zero attached hydrogens (tertiary/aromatic N) is 4. The topological polar surface area (TPSA) is 90.5 Å². The molecule has 0 saturated heterocycles. The Morgan fingerprint density at radius 1 is 1.04 bits per heavy atom. The van der Waals surface area contributed by atoms with Crippen molar-refractivity contribution in [1.82, 2.24) is 4.98 Å². The zero-order valence-corrected chi connectivity index (χ0v) is 15.2. The molecule has 0 spiro atoms. The molecule has 0 saturated carbocycles. The fourth-order valence-electron chi connectivity index (χ4n) is 2.56. The summed E-state index contributed by atoms with van der Waals surface area (Å²) in [7, 11) is 1.63. The summed E-state index contributed by atoms with van der Waals surface area (Å²) in [5, 5.41) is 27.3. The minimum atomic E-state index is 0.0303. The number of aromatic nitrogens is 1. The first-order valence-electron chi connectivity index (χ1n) is 8.17. The molecule has 0 amide bonds. The lowest BCUT2D eigenvalue weighted by atomic mass is 10.2. The SMILES string of the molecule is COc1cccc2nc(N=Nc3ccc(N(CCO)CCO)cc3)sc12. The van der Waals surface area contributed by atoms with Gasteiger partial charge in [-0.3, -0.25) is 0 Å². The molecular weight excluding hydrogens is 352 g/mol. The fraction of sp³-hybridized carbons (Fsp3) is 0.278. The third kappa shape index (κ3) is 4.16. The molecule has 8 heteroatoms. The van der Waals surface area contributed by atoms with Crippen LogP contribution in [0.25, 0.3) is 10.2 Å². The number of anilines is 1. The first kappa shape index (κ1) is 18.2. The Morgan fingerprint density at radius 3 is 2.42 bits per heavy atom. The van der Waals surface area contributed by atoms with Gasteiger partial charge in [-0.15, -0.1) is 10.2 Å². The third-order valence-electron chi connectivity index (χ3n) is 3.79. The highest BCUT2D eigenvalue weighted by Crippen LogP contribution is 2.35. The summed E-state index contributed by atoms with van der Waals surface area (Å²) in [6.45, 7) is 0.995. The van der Waals surface area contributed by atoms with E-state index in [9.17, 15) is 0 Å². The molecule has 2 N–H and O–H groups in total. The van der Waals surface area contributed by atoms with Crippen molar-refractivity contribution in [2.24, 2.45) is 10.2 Å². The second-order valence-electron chi connectivity index (χ2n) is 5.46. The van der Waals surface area contributed by atoms with E-state index in [1.165, 1.54) is 11.3 Å². The zero-order chi connectivity index (χ0) is 18.4. The van der Waals surface area contributed by atoms with Crippen LogP contribution in [0.4, 0.5) is 16.5 Å². The Balaban J connectivity index is 1.76. The van der Waals surface area contributed by atoms with Crippen LogP contribution in [0, 0.1) is 0 Å². The van der Waals surface area contributed by atoms with Crippen molar-refractivity contribution in [2.75, 3.05) is 38.3 Å². The Labute approximate surface area is 155 Å². The van der Waals surface area contributed by atoms with Gasteiger partial charge in [-0.1, -0.05) is 17.4 Å². The second-order valence-corrected chi connectivity index (χ2v) is 6.43. The highest BCUT2D eigenvalue weighted by Gasteiger charge is 2.08. The molecule has 0 radical (unpaired) electrons. The number of rotatable bonds is 8. The van der Waals surface area contributed by atoms with E-state index < -0.39 is 0 Å². The van der Waals surface area contributed by atoms with Crippen molar-refractivity contribution < 1.29 is 14.9 Å². The maximum absolute atomic E-state index is 9.12. The highest BCUT2D eigenvalue weighted by atomic mass is 32.1. The van der Waals surface area contributed by atoms with Crippen molar-refractivity contribution in [2.45, 2.75) is 0 Å². The van der Waals surface area contributed by atoms with Gasteiger partial charge in [0.2, 0.25) is 5.13 Å². The standard InChI is InChI=1S/C18H20N4O3S/c1-25-16-4-2-3-15-17(16)26-18(19-15)21-20-13-5-7-14(8-6-13)22(9-11-23)10-12-24/h2-8,23-24H,9-12H2,1H3. The van der Waals surface area contributed by atoms with Gasteiger partial charge in [-0.05, 0) is 36.4 Å². The van der Waals surface area contributed by atoms with E-state index in [1.54, 1.807) is 7.11 Å². The molecule has 7 nitrogen and oxygen atoms in total. The molecule has 0 fully saturated rings. The largest absolute Gasteiger partial charge is 0.495 e. The fourth-order valence-corrected chi connectivity index (χ4v) is 3.44. The van der Waals surface area contributed by atoms with Gasteiger partial charge >= 0.3 is 0 Å². The summed E-state index contributed by atoms with van der Waals surface area (Å²) >= 11 is 1.43. The molecule has 3 rings (SSSR count).